The number of likely N-dealkylation sites (tertiary alicyclic amines) is 2. The number of carboxylic acids is 3. The third-order valence-corrected chi connectivity index (χ3v) is 8.31. The Morgan fingerprint density at radius 1 is 0.729 bits per heavy atom. The second-order valence-corrected chi connectivity index (χ2v) is 12.7. The molecule has 270 valence electrons. The molecule has 0 saturated carbocycles. The van der Waals surface area contributed by atoms with Crippen molar-refractivity contribution in [3.63, 3.8) is 0 Å². The second kappa shape index (κ2) is 18.3. The lowest BCUT2D eigenvalue weighted by molar-refractivity contribution is -0.147. The van der Waals surface area contributed by atoms with Crippen molar-refractivity contribution in [3.05, 3.63) is 0 Å². The molecule has 5 amide bonds. The molecule has 48 heavy (non-hydrogen) atoms. The van der Waals surface area contributed by atoms with Crippen LogP contribution in [0.15, 0.2) is 0 Å². The van der Waals surface area contributed by atoms with E-state index in [9.17, 15) is 53.7 Å². The summed E-state index contributed by atoms with van der Waals surface area (Å²) >= 11 is 0. The molecule has 2 saturated heterocycles. The van der Waals surface area contributed by atoms with Gasteiger partial charge in [-0.1, -0.05) is 13.8 Å². The number of rotatable bonds is 18. The minimum absolute atomic E-state index is 0.0700. The van der Waals surface area contributed by atoms with Crippen LogP contribution >= 0.6 is 0 Å². The first-order valence-electron chi connectivity index (χ1n) is 16.1. The summed E-state index contributed by atoms with van der Waals surface area (Å²) < 4.78 is 0. The van der Waals surface area contributed by atoms with Crippen LogP contribution in [0.25, 0.3) is 0 Å². The number of carbonyl (C=O) groups excluding carboxylic acids is 5. The summed E-state index contributed by atoms with van der Waals surface area (Å²) in [4.78, 5) is 103. The predicted molar refractivity (Wildman–Crippen MR) is 166 cm³/mol. The number of amides is 5. The molecule has 0 aromatic heterocycles. The Kier molecular flexibility index (Phi) is 15.2. The molecule has 7 atom stereocenters. The highest BCUT2D eigenvalue weighted by Crippen LogP contribution is 2.23. The van der Waals surface area contributed by atoms with E-state index in [2.05, 4.69) is 16.0 Å². The number of hydrogen-bond donors (Lipinski definition) is 8. The van der Waals surface area contributed by atoms with Crippen molar-refractivity contribution in [2.24, 2.45) is 11.7 Å². The Morgan fingerprint density at radius 2 is 1.21 bits per heavy atom. The van der Waals surface area contributed by atoms with Crippen molar-refractivity contribution in [1.29, 1.82) is 0 Å². The molecule has 0 radical (unpaired) electrons. The molecule has 0 aromatic rings. The zero-order valence-corrected chi connectivity index (χ0v) is 27.4. The monoisotopic (exact) mass is 684 g/mol. The van der Waals surface area contributed by atoms with Gasteiger partial charge >= 0.3 is 17.9 Å². The van der Waals surface area contributed by atoms with Crippen LogP contribution in [0.2, 0.25) is 0 Å². The molecule has 9 N–H and O–H groups in total. The van der Waals surface area contributed by atoms with Gasteiger partial charge in [0, 0.05) is 25.9 Å². The Morgan fingerprint density at radius 3 is 1.67 bits per heavy atom. The molecule has 0 aromatic carbocycles. The molecule has 18 heteroatoms. The van der Waals surface area contributed by atoms with Gasteiger partial charge in [-0.15, -0.1) is 0 Å². The van der Waals surface area contributed by atoms with E-state index < -0.39 is 96.2 Å². The zero-order chi connectivity index (χ0) is 36.3. The van der Waals surface area contributed by atoms with Crippen LogP contribution in [0.5, 0.6) is 0 Å². The van der Waals surface area contributed by atoms with Crippen molar-refractivity contribution >= 4 is 47.4 Å². The third-order valence-electron chi connectivity index (χ3n) is 8.31. The van der Waals surface area contributed by atoms with Crippen LogP contribution in [0, 0.1) is 5.92 Å². The van der Waals surface area contributed by atoms with Gasteiger partial charge in [0.2, 0.25) is 29.5 Å². The van der Waals surface area contributed by atoms with E-state index in [1.54, 1.807) is 0 Å². The lowest BCUT2D eigenvalue weighted by Gasteiger charge is -2.32. The van der Waals surface area contributed by atoms with E-state index in [-0.39, 0.29) is 57.5 Å². The molecule has 2 aliphatic rings. The normalized spacial score (nSPS) is 20.7. The fourth-order valence-corrected chi connectivity index (χ4v) is 5.82. The summed E-state index contributed by atoms with van der Waals surface area (Å²) in [7, 11) is 0. The van der Waals surface area contributed by atoms with Gasteiger partial charge in [0.25, 0.3) is 0 Å². The van der Waals surface area contributed by atoms with Crippen molar-refractivity contribution in [2.45, 2.75) is 121 Å². The molecule has 0 spiro atoms. The molecule has 0 aliphatic carbocycles. The molecule has 2 heterocycles. The lowest BCUT2D eigenvalue weighted by Crippen LogP contribution is -2.59. The summed E-state index contributed by atoms with van der Waals surface area (Å²) in [5.41, 5.74) is 5.83. The summed E-state index contributed by atoms with van der Waals surface area (Å²) in [6.07, 6.45) is -1.43. The Hall–Kier alpha value is -4.32. The maximum absolute atomic E-state index is 13.7. The summed E-state index contributed by atoms with van der Waals surface area (Å²) in [6, 6.07) is -7.48. The average Bonchev–Trinajstić information content (AvgIpc) is 3.69. The van der Waals surface area contributed by atoms with E-state index in [0.29, 0.717) is 12.8 Å². The summed E-state index contributed by atoms with van der Waals surface area (Å²) in [5, 5.41) is 44.7. The second-order valence-electron chi connectivity index (χ2n) is 12.7. The highest BCUT2D eigenvalue weighted by atomic mass is 16.4. The van der Waals surface area contributed by atoms with E-state index in [0.717, 1.165) is 4.90 Å². The topological polar surface area (TPSA) is 286 Å². The number of nitrogens with two attached hydrogens (primary N) is 1. The van der Waals surface area contributed by atoms with Gasteiger partial charge in [0.05, 0.1) is 12.1 Å². The number of aliphatic hydroxyl groups is 1. The van der Waals surface area contributed by atoms with Gasteiger partial charge in [-0.05, 0) is 57.8 Å². The van der Waals surface area contributed by atoms with Crippen LogP contribution in [-0.4, -0.2) is 133 Å². The van der Waals surface area contributed by atoms with Crippen LogP contribution < -0.4 is 21.7 Å². The number of carboxylic acid groups (broad SMARTS) is 3. The van der Waals surface area contributed by atoms with Gasteiger partial charge in [-0.3, -0.25) is 33.6 Å². The standard InChI is InChI=1S/C30H48N6O12/c1-15(2)14-19(33-25(42)17(31)8-10-22(38)39)29(46)36-13-4-6-20(36)26(43)32-18(9-11-23(40)41)28(45)35-12-5-7-21(35)27(44)34-24(16(3)37)30(47)48/h15-21,24,37H,4-14,31H2,1-3H3,(H,32,43)(H,33,42)(H,34,44)(H,38,39)(H,40,41)(H,47,48)/t16-,17+,18+,19+,20+,21+,24+/m1/s1. The number of nitrogens with one attached hydrogen (secondary N) is 3. The highest BCUT2D eigenvalue weighted by Gasteiger charge is 2.42. The zero-order valence-electron chi connectivity index (χ0n) is 27.4. The predicted octanol–water partition coefficient (Wildman–Crippen LogP) is -2.01. The number of aliphatic carboxylic acids is 3. The lowest BCUT2D eigenvalue weighted by atomic mass is 10.0. The first kappa shape index (κ1) is 39.9. The van der Waals surface area contributed by atoms with Gasteiger partial charge in [-0.25, -0.2) is 4.79 Å². The van der Waals surface area contributed by atoms with Crippen molar-refractivity contribution in [1.82, 2.24) is 25.8 Å². The Bertz CT molecular complexity index is 1230. The quantitative estimate of drug-likeness (QED) is 0.0776. The van der Waals surface area contributed by atoms with Crippen LogP contribution in [-0.2, 0) is 38.4 Å². The maximum Gasteiger partial charge on any atom is 0.328 e. The smallest absolute Gasteiger partial charge is 0.328 e. The largest absolute Gasteiger partial charge is 0.481 e. The van der Waals surface area contributed by atoms with Crippen LogP contribution in [0.1, 0.15) is 78.6 Å². The summed E-state index contributed by atoms with van der Waals surface area (Å²) in [6.45, 7) is 5.05. The molecular weight excluding hydrogens is 636 g/mol. The van der Waals surface area contributed by atoms with Gasteiger partial charge in [-0.2, -0.15) is 0 Å². The molecule has 2 aliphatic heterocycles. The van der Waals surface area contributed by atoms with E-state index in [1.165, 1.54) is 11.8 Å². The SMILES string of the molecule is CC(C)C[C@H](NC(=O)[C@@H](N)CCC(=O)O)C(=O)N1CCC[C@H]1C(=O)N[C@@H](CCC(=O)O)C(=O)N1CCC[C@H]1C(=O)N[C@H](C(=O)O)[C@@H](C)O. The number of hydrogen-bond acceptors (Lipinski definition) is 10. The van der Waals surface area contributed by atoms with Gasteiger partial charge in [0.1, 0.15) is 24.2 Å². The minimum Gasteiger partial charge on any atom is -0.481 e. The van der Waals surface area contributed by atoms with Crippen molar-refractivity contribution in [3.8, 4) is 0 Å². The molecule has 2 fully saturated rings. The fourth-order valence-electron chi connectivity index (χ4n) is 5.82. The first-order valence-corrected chi connectivity index (χ1v) is 16.1. The van der Waals surface area contributed by atoms with E-state index >= 15 is 0 Å². The summed E-state index contributed by atoms with van der Waals surface area (Å²) in [5.74, 6) is -7.55. The fraction of sp³-hybridized carbons (Fsp3) is 0.733. The minimum atomic E-state index is -1.63. The van der Waals surface area contributed by atoms with Crippen molar-refractivity contribution in [2.75, 3.05) is 13.1 Å². The molecule has 0 unspecified atom stereocenters. The van der Waals surface area contributed by atoms with Crippen LogP contribution in [0.4, 0.5) is 0 Å². The van der Waals surface area contributed by atoms with E-state index in [4.69, 9.17) is 10.8 Å². The Labute approximate surface area is 277 Å². The molecule has 2 rings (SSSR count). The van der Waals surface area contributed by atoms with Crippen molar-refractivity contribution < 1.29 is 58.8 Å². The Balaban J connectivity index is 2.23. The van der Waals surface area contributed by atoms with Gasteiger partial charge < -0.3 is 51.9 Å². The molecular formula is C30H48N6O12. The molecule has 18 nitrogen and oxygen atoms in total. The highest BCUT2D eigenvalue weighted by molar-refractivity contribution is 5.97. The number of carbonyl (C=O) groups is 8. The maximum atomic E-state index is 13.7. The van der Waals surface area contributed by atoms with E-state index in [1.807, 2.05) is 13.8 Å². The average molecular weight is 685 g/mol. The third kappa shape index (κ3) is 11.4. The molecule has 0 bridgehead atoms. The van der Waals surface area contributed by atoms with Gasteiger partial charge in [0.15, 0.2) is 6.04 Å². The number of nitrogens with zero attached hydrogens (tertiary/aromatic N) is 2. The number of aliphatic hydroxyl groups excluding tert-OH is 1. The first-order chi connectivity index (χ1) is 22.4. The van der Waals surface area contributed by atoms with Crippen LogP contribution in [0.3, 0.4) is 0 Å².